The fourth-order valence-corrected chi connectivity index (χ4v) is 4.67. The highest BCUT2D eigenvalue weighted by molar-refractivity contribution is 6.23. The quantitative estimate of drug-likeness (QED) is 0.390. The van der Waals surface area contributed by atoms with E-state index in [1.54, 1.807) is 60.7 Å². The number of hydrogen-bond acceptors (Lipinski definition) is 3. The van der Waals surface area contributed by atoms with Gasteiger partial charge in [-0.05, 0) is 12.8 Å². The van der Waals surface area contributed by atoms with Crippen molar-refractivity contribution < 1.29 is 14.4 Å². The lowest BCUT2D eigenvalue weighted by molar-refractivity contribution is 0.0404. The van der Waals surface area contributed by atoms with Crippen LogP contribution in [0.1, 0.15) is 56.8 Å². The number of carbonyl (C=O) groups excluding carboxylic acids is 3. The first-order valence-corrected chi connectivity index (χ1v) is 10.4. The van der Waals surface area contributed by atoms with Crippen molar-refractivity contribution in [2.24, 2.45) is 11.3 Å². The van der Waals surface area contributed by atoms with Gasteiger partial charge in [-0.25, -0.2) is 0 Å². The Balaban J connectivity index is 1.87. The van der Waals surface area contributed by atoms with Gasteiger partial charge < -0.3 is 0 Å². The van der Waals surface area contributed by atoms with Crippen LogP contribution in [0.4, 0.5) is 0 Å². The van der Waals surface area contributed by atoms with Gasteiger partial charge in [0, 0.05) is 22.6 Å². The topological polar surface area (TPSA) is 51.2 Å². The molecule has 0 bridgehead atoms. The SMILES string of the molecule is O=C(c1ccccc1)C1CCCCC1(C(=O)c1ccccc1)C(=O)c1ccccc1. The molecule has 0 aliphatic heterocycles. The molecule has 3 aromatic rings. The lowest BCUT2D eigenvalue weighted by atomic mass is 9.57. The zero-order valence-electron chi connectivity index (χ0n) is 16.8. The van der Waals surface area contributed by atoms with E-state index in [0.717, 1.165) is 12.8 Å². The molecule has 3 heteroatoms. The molecule has 0 heterocycles. The standard InChI is InChI=1S/C27H24O3/c28-24(20-12-4-1-5-13-20)23-18-10-11-19-27(23,25(29)21-14-6-2-7-15-21)26(30)22-16-8-3-9-17-22/h1-9,12-17,23H,10-11,18-19H2. The Hall–Kier alpha value is -3.33. The second-order valence-corrected chi connectivity index (χ2v) is 7.89. The van der Waals surface area contributed by atoms with Gasteiger partial charge in [0.15, 0.2) is 17.3 Å². The van der Waals surface area contributed by atoms with Crippen LogP contribution < -0.4 is 0 Å². The van der Waals surface area contributed by atoms with Crippen molar-refractivity contribution in [3.63, 3.8) is 0 Å². The monoisotopic (exact) mass is 396 g/mol. The van der Waals surface area contributed by atoms with Crippen LogP contribution in [0.3, 0.4) is 0 Å². The maximum Gasteiger partial charge on any atom is 0.177 e. The van der Waals surface area contributed by atoms with E-state index >= 15 is 0 Å². The number of rotatable bonds is 6. The first-order chi connectivity index (χ1) is 14.6. The first-order valence-electron chi connectivity index (χ1n) is 10.4. The van der Waals surface area contributed by atoms with Gasteiger partial charge in [0.25, 0.3) is 0 Å². The zero-order chi connectivity index (χ0) is 21.0. The highest BCUT2D eigenvalue weighted by atomic mass is 16.2. The normalized spacial score (nSPS) is 17.8. The maximum absolute atomic E-state index is 13.9. The molecule has 30 heavy (non-hydrogen) atoms. The second kappa shape index (κ2) is 8.58. The molecule has 0 radical (unpaired) electrons. The van der Waals surface area contributed by atoms with Crippen LogP contribution >= 0.6 is 0 Å². The summed E-state index contributed by atoms with van der Waals surface area (Å²) < 4.78 is 0. The van der Waals surface area contributed by atoms with Gasteiger partial charge in [-0.1, -0.05) is 104 Å². The van der Waals surface area contributed by atoms with Crippen molar-refractivity contribution in [2.45, 2.75) is 25.7 Å². The summed E-state index contributed by atoms with van der Waals surface area (Å²) >= 11 is 0. The zero-order valence-corrected chi connectivity index (χ0v) is 16.8. The first kappa shape index (κ1) is 20.0. The third kappa shape index (κ3) is 3.52. The number of ketones is 3. The molecule has 1 aliphatic carbocycles. The summed E-state index contributed by atoms with van der Waals surface area (Å²) in [6, 6.07) is 26.8. The van der Waals surface area contributed by atoms with E-state index in [4.69, 9.17) is 0 Å². The Labute approximate surface area is 176 Å². The molecule has 150 valence electrons. The Bertz CT molecular complexity index is 988. The summed E-state index contributed by atoms with van der Waals surface area (Å²) in [6.45, 7) is 0. The number of carbonyl (C=O) groups is 3. The van der Waals surface area contributed by atoms with Crippen LogP contribution in [0, 0.1) is 11.3 Å². The van der Waals surface area contributed by atoms with Crippen LogP contribution in [0.25, 0.3) is 0 Å². The van der Waals surface area contributed by atoms with Gasteiger partial charge in [-0.15, -0.1) is 0 Å². The van der Waals surface area contributed by atoms with Crippen molar-refractivity contribution in [2.75, 3.05) is 0 Å². The summed E-state index contributed by atoms with van der Waals surface area (Å²) in [4.78, 5) is 41.4. The molecule has 0 amide bonds. The van der Waals surface area contributed by atoms with Crippen LogP contribution in [0.2, 0.25) is 0 Å². The molecular formula is C27H24O3. The van der Waals surface area contributed by atoms with E-state index in [2.05, 4.69) is 0 Å². The second-order valence-electron chi connectivity index (χ2n) is 7.89. The smallest absolute Gasteiger partial charge is 0.177 e. The predicted molar refractivity (Wildman–Crippen MR) is 117 cm³/mol. The summed E-state index contributed by atoms with van der Waals surface area (Å²) in [5.41, 5.74) is 0.132. The van der Waals surface area contributed by atoms with E-state index in [0.29, 0.717) is 29.5 Å². The largest absolute Gasteiger partial charge is 0.294 e. The van der Waals surface area contributed by atoms with Gasteiger partial charge in [-0.3, -0.25) is 14.4 Å². The van der Waals surface area contributed by atoms with Crippen molar-refractivity contribution >= 4 is 17.3 Å². The van der Waals surface area contributed by atoms with E-state index in [1.807, 2.05) is 30.3 Å². The average molecular weight is 396 g/mol. The Kier molecular flexibility index (Phi) is 5.71. The van der Waals surface area contributed by atoms with Crippen molar-refractivity contribution in [1.82, 2.24) is 0 Å². The van der Waals surface area contributed by atoms with E-state index in [9.17, 15) is 14.4 Å². The molecule has 1 fully saturated rings. The maximum atomic E-state index is 13.9. The van der Waals surface area contributed by atoms with Crippen LogP contribution in [-0.4, -0.2) is 17.3 Å². The molecule has 0 aromatic heterocycles. The third-order valence-electron chi connectivity index (χ3n) is 6.17. The van der Waals surface area contributed by atoms with Crippen LogP contribution in [-0.2, 0) is 0 Å². The van der Waals surface area contributed by atoms with Gasteiger partial charge in [0.1, 0.15) is 5.41 Å². The molecule has 1 aliphatic rings. The van der Waals surface area contributed by atoms with Crippen LogP contribution in [0.5, 0.6) is 0 Å². The van der Waals surface area contributed by atoms with E-state index < -0.39 is 11.3 Å². The molecule has 0 N–H and O–H groups in total. The Morgan fingerprint density at radius 1 is 0.600 bits per heavy atom. The van der Waals surface area contributed by atoms with Gasteiger partial charge in [0.05, 0.1) is 0 Å². The van der Waals surface area contributed by atoms with Crippen molar-refractivity contribution in [1.29, 1.82) is 0 Å². The van der Waals surface area contributed by atoms with Gasteiger partial charge in [-0.2, -0.15) is 0 Å². The predicted octanol–water partition coefficient (Wildman–Crippen LogP) is 5.81. The Morgan fingerprint density at radius 3 is 1.50 bits per heavy atom. The number of benzene rings is 3. The van der Waals surface area contributed by atoms with Crippen LogP contribution in [0.15, 0.2) is 91.0 Å². The number of hydrogen-bond donors (Lipinski definition) is 0. The minimum absolute atomic E-state index is 0.121. The fraction of sp³-hybridized carbons (Fsp3) is 0.222. The summed E-state index contributed by atoms with van der Waals surface area (Å²) in [7, 11) is 0. The van der Waals surface area contributed by atoms with Crippen molar-refractivity contribution in [3.8, 4) is 0 Å². The lowest BCUT2D eigenvalue weighted by Crippen LogP contribution is -2.50. The molecular weight excluding hydrogens is 372 g/mol. The molecule has 0 spiro atoms. The molecule has 4 rings (SSSR count). The summed E-state index contributed by atoms with van der Waals surface area (Å²) in [6.07, 6.45) is 2.49. The minimum atomic E-state index is -1.38. The lowest BCUT2D eigenvalue weighted by Gasteiger charge is -2.41. The fourth-order valence-electron chi connectivity index (χ4n) is 4.67. The minimum Gasteiger partial charge on any atom is -0.294 e. The number of Topliss-reactive ketones (excluding diaryl/α,β-unsaturated/α-hetero) is 3. The molecule has 0 saturated heterocycles. The van der Waals surface area contributed by atoms with Gasteiger partial charge >= 0.3 is 0 Å². The Morgan fingerprint density at radius 2 is 1.03 bits per heavy atom. The summed E-state index contributed by atoms with van der Waals surface area (Å²) in [5.74, 6) is -1.28. The third-order valence-corrected chi connectivity index (χ3v) is 6.17. The summed E-state index contributed by atoms with van der Waals surface area (Å²) in [5, 5.41) is 0. The van der Waals surface area contributed by atoms with E-state index in [-0.39, 0.29) is 17.3 Å². The molecule has 1 unspecified atom stereocenters. The van der Waals surface area contributed by atoms with E-state index in [1.165, 1.54) is 0 Å². The van der Waals surface area contributed by atoms with Gasteiger partial charge in [0.2, 0.25) is 0 Å². The molecule has 1 saturated carbocycles. The molecule has 3 aromatic carbocycles. The average Bonchev–Trinajstić information content (AvgIpc) is 2.84. The highest BCUT2D eigenvalue weighted by Crippen LogP contribution is 2.47. The molecule has 3 nitrogen and oxygen atoms in total. The van der Waals surface area contributed by atoms with Crippen molar-refractivity contribution in [3.05, 3.63) is 108 Å². The molecule has 1 atom stereocenters. The highest BCUT2D eigenvalue weighted by Gasteiger charge is 2.55.